The summed E-state index contributed by atoms with van der Waals surface area (Å²) in [5, 5.41) is 23.3. The highest BCUT2D eigenvalue weighted by molar-refractivity contribution is 5.76. The second-order valence-corrected chi connectivity index (χ2v) is 20.0. The van der Waals surface area contributed by atoms with E-state index in [1.807, 2.05) is 0 Å². The van der Waals surface area contributed by atoms with Crippen LogP contribution in [0.4, 0.5) is 0 Å². The summed E-state index contributed by atoms with van der Waals surface area (Å²) in [7, 11) is 0. The molecule has 0 heterocycles. The number of esters is 1. The van der Waals surface area contributed by atoms with Crippen molar-refractivity contribution in [1.29, 1.82) is 0 Å². The number of unbranched alkanes of at least 4 members (excludes halogenated alkanes) is 41. The summed E-state index contributed by atoms with van der Waals surface area (Å²) in [6.07, 6.45) is 63.5. The topological polar surface area (TPSA) is 95.9 Å². The van der Waals surface area contributed by atoms with E-state index in [0.717, 1.165) is 77.0 Å². The minimum absolute atomic E-state index is 0.0294. The Morgan fingerprint density at radius 2 is 0.734 bits per heavy atom. The van der Waals surface area contributed by atoms with E-state index in [2.05, 4.69) is 31.3 Å². The molecule has 1 amide bonds. The molecular formula is C58H113NO5. The molecule has 0 radical (unpaired) electrons. The molecule has 3 N–H and O–H groups in total. The number of amides is 1. The average Bonchev–Trinajstić information content (AvgIpc) is 3.29. The average molecular weight is 905 g/mol. The normalized spacial score (nSPS) is 12.6. The number of ether oxygens (including phenoxy) is 1. The quantitative estimate of drug-likeness (QED) is 0.0321. The number of nitrogens with one attached hydrogen (secondary N) is 1. The predicted octanol–water partition coefficient (Wildman–Crippen LogP) is 17.7. The van der Waals surface area contributed by atoms with Gasteiger partial charge in [0.25, 0.3) is 0 Å². The molecule has 0 spiro atoms. The Morgan fingerprint density at radius 3 is 1.11 bits per heavy atom. The molecule has 380 valence electrons. The zero-order valence-corrected chi connectivity index (χ0v) is 43.3. The number of carbonyl (C=O) groups excluding carboxylic acids is 2. The van der Waals surface area contributed by atoms with Crippen molar-refractivity contribution in [3.05, 3.63) is 12.2 Å². The van der Waals surface area contributed by atoms with Gasteiger partial charge in [-0.05, 0) is 51.4 Å². The van der Waals surface area contributed by atoms with Crippen molar-refractivity contribution in [2.45, 2.75) is 334 Å². The van der Waals surface area contributed by atoms with Gasteiger partial charge in [-0.2, -0.15) is 0 Å². The standard InChI is InChI=1S/C58H113NO5/c1-3-5-7-9-11-13-15-17-18-19-20-21-22-23-24-25-26-27-28-30-34-38-42-46-50-56(61)55(54-60)59-57(62)51-47-43-39-35-31-29-33-37-41-45-49-53-64-58(63)52-48-44-40-36-32-16-14-12-10-8-6-4-2/h33,37,55-56,60-61H,3-32,34-36,38-54H2,1-2H3,(H,59,62)/b37-33-. The molecular weight excluding hydrogens is 791 g/mol. The molecule has 0 saturated carbocycles. The van der Waals surface area contributed by atoms with Gasteiger partial charge < -0.3 is 20.3 Å². The van der Waals surface area contributed by atoms with E-state index in [0.29, 0.717) is 25.9 Å². The summed E-state index contributed by atoms with van der Waals surface area (Å²) in [4.78, 5) is 24.5. The smallest absolute Gasteiger partial charge is 0.305 e. The molecule has 0 aliphatic rings. The second-order valence-electron chi connectivity index (χ2n) is 20.0. The van der Waals surface area contributed by atoms with E-state index in [9.17, 15) is 19.8 Å². The van der Waals surface area contributed by atoms with Crippen molar-refractivity contribution in [2.75, 3.05) is 13.2 Å². The van der Waals surface area contributed by atoms with Gasteiger partial charge in [0.2, 0.25) is 5.91 Å². The van der Waals surface area contributed by atoms with Gasteiger partial charge in [-0.3, -0.25) is 9.59 Å². The molecule has 2 unspecified atom stereocenters. The van der Waals surface area contributed by atoms with Crippen LogP contribution in [0.3, 0.4) is 0 Å². The predicted molar refractivity (Wildman–Crippen MR) is 278 cm³/mol. The first-order chi connectivity index (χ1) is 31.5. The number of aliphatic hydroxyl groups is 2. The van der Waals surface area contributed by atoms with Crippen molar-refractivity contribution < 1.29 is 24.5 Å². The molecule has 0 saturated heterocycles. The highest BCUT2D eigenvalue weighted by Gasteiger charge is 2.20. The number of hydrogen-bond donors (Lipinski definition) is 3. The summed E-state index contributed by atoms with van der Waals surface area (Å²) in [5.41, 5.74) is 0. The van der Waals surface area contributed by atoms with Crippen LogP contribution in [-0.4, -0.2) is 47.4 Å². The SMILES string of the molecule is CCCCCCCCCCCCCCCCCCCCCCCCCCC(O)C(CO)NC(=O)CCCCCCC/C=C\CCCCOC(=O)CCCCCCCCCCCCCC. The largest absolute Gasteiger partial charge is 0.466 e. The van der Waals surface area contributed by atoms with Crippen LogP contribution in [0.2, 0.25) is 0 Å². The van der Waals surface area contributed by atoms with Crippen LogP contribution in [0.25, 0.3) is 0 Å². The van der Waals surface area contributed by atoms with Gasteiger partial charge in [-0.25, -0.2) is 0 Å². The number of rotatable bonds is 54. The van der Waals surface area contributed by atoms with Crippen LogP contribution in [0, 0.1) is 0 Å². The lowest BCUT2D eigenvalue weighted by Gasteiger charge is -2.22. The maximum atomic E-state index is 12.5. The van der Waals surface area contributed by atoms with Gasteiger partial charge >= 0.3 is 5.97 Å². The first kappa shape index (κ1) is 62.6. The molecule has 0 aliphatic heterocycles. The molecule has 0 aromatic heterocycles. The minimum Gasteiger partial charge on any atom is -0.466 e. The third-order valence-corrected chi connectivity index (χ3v) is 13.6. The lowest BCUT2D eigenvalue weighted by molar-refractivity contribution is -0.143. The Morgan fingerprint density at radius 1 is 0.422 bits per heavy atom. The molecule has 0 aliphatic carbocycles. The van der Waals surface area contributed by atoms with E-state index in [1.54, 1.807) is 0 Å². The lowest BCUT2D eigenvalue weighted by atomic mass is 10.0. The number of carbonyl (C=O) groups is 2. The monoisotopic (exact) mass is 904 g/mol. The molecule has 6 heteroatoms. The third-order valence-electron chi connectivity index (χ3n) is 13.6. The van der Waals surface area contributed by atoms with E-state index >= 15 is 0 Å². The van der Waals surface area contributed by atoms with E-state index < -0.39 is 12.1 Å². The zero-order chi connectivity index (χ0) is 46.5. The van der Waals surface area contributed by atoms with Crippen molar-refractivity contribution in [2.24, 2.45) is 0 Å². The van der Waals surface area contributed by atoms with Crippen molar-refractivity contribution >= 4 is 11.9 Å². The Hall–Kier alpha value is -1.40. The fourth-order valence-corrected chi connectivity index (χ4v) is 9.11. The van der Waals surface area contributed by atoms with E-state index in [4.69, 9.17) is 4.74 Å². The fourth-order valence-electron chi connectivity index (χ4n) is 9.11. The van der Waals surface area contributed by atoms with E-state index in [1.165, 1.54) is 212 Å². The molecule has 0 aromatic rings. The van der Waals surface area contributed by atoms with Crippen molar-refractivity contribution in [3.63, 3.8) is 0 Å². The van der Waals surface area contributed by atoms with Crippen molar-refractivity contribution in [3.8, 4) is 0 Å². The first-order valence-electron chi connectivity index (χ1n) is 28.9. The first-order valence-corrected chi connectivity index (χ1v) is 28.9. The molecule has 2 atom stereocenters. The molecule has 6 nitrogen and oxygen atoms in total. The third kappa shape index (κ3) is 50.0. The van der Waals surface area contributed by atoms with Gasteiger partial charge in [-0.15, -0.1) is 0 Å². The summed E-state index contributed by atoms with van der Waals surface area (Å²) in [5.74, 6) is -0.0896. The van der Waals surface area contributed by atoms with Gasteiger partial charge in [0.1, 0.15) is 0 Å². The summed E-state index contributed by atoms with van der Waals surface area (Å²) in [6, 6.07) is -0.562. The summed E-state index contributed by atoms with van der Waals surface area (Å²) in [6.45, 7) is 4.90. The molecule has 64 heavy (non-hydrogen) atoms. The maximum Gasteiger partial charge on any atom is 0.305 e. The summed E-state index contributed by atoms with van der Waals surface area (Å²) >= 11 is 0. The van der Waals surface area contributed by atoms with Crippen LogP contribution in [0.15, 0.2) is 12.2 Å². The number of allylic oxidation sites excluding steroid dienone is 2. The van der Waals surface area contributed by atoms with Crippen molar-refractivity contribution in [1.82, 2.24) is 5.32 Å². The number of aliphatic hydroxyl groups excluding tert-OH is 2. The molecule has 0 fully saturated rings. The van der Waals surface area contributed by atoms with Crippen LogP contribution < -0.4 is 5.32 Å². The minimum atomic E-state index is -0.682. The second kappa shape index (κ2) is 54.2. The van der Waals surface area contributed by atoms with Gasteiger partial charge in [0.05, 0.1) is 25.4 Å². The van der Waals surface area contributed by atoms with Gasteiger partial charge in [0, 0.05) is 12.8 Å². The maximum absolute atomic E-state index is 12.5. The molecule has 0 aromatic carbocycles. The lowest BCUT2D eigenvalue weighted by Crippen LogP contribution is -2.45. The van der Waals surface area contributed by atoms with Crippen LogP contribution >= 0.6 is 0 Å². The van der Waals surface area contributed by atoms with Gasteiger partial charge in [0.15, 0.2) is 0 Å². The fraction of sp³-hybridized carbons (Fsp3) is 0.931. The highest BCUT2D eigenvalue weighted by Crippen LogP contribution is 2.18. The van der Waals surface area contributed by atoms with Gasteiger partial charge in [-0.1, -0.05) is 270 Å². The molecule has 0 bridgehead atoms. The van der Waals surface area contributed by atoms with Crippen LogP contribution in [0.1, 0.15) is 322 Å². The number of hydrogen-bond acceptors (Lipinski definition) is 5. The van der Waals surface area contributed by atoms with E-state index in [-0.39, 0.29) is 18.5 Å². The summed E-state index contributed by atoms with van der Waals surface area (Å²) < 4.78 is 5.43. The Kier molecular flexibility index (Phi) is 53.0. The zero-order valence-electron chi connectivity index (χ0n) is 43.3. The Bertz CT molecular complexity index is 955. The molecule has 0 rings (SSSR count). The van der Waals surface area contributed by atoms with Crippen LogP contribution in [-0.2, 0) is 14.3 Å². The highest BCUT2D eigenvalue weighted by atomic mass is 16.5. The Balaban J connectivity index is 3.48. The Labute approximate surface area is 399 Å². The van der Waals surface area contributed by atoms with Crippen LogP contribution in [0.5, 0.6) is 0 Å².